The molecule has 0 aliphatic rings. The second kappa shape index (κ2) is 6.48. The van der Waals surface area contributed by atoms with Crippen LogP contribution >= 0.6 is 0 Å². The highest BCUT2D eigenvalue weighted by Crippen LogP contribution is 2.18. The van der Waals surface area contributed by atoms with E-state index in [2.05, 4.69) is 5.10 Å². The van der Waals surface area contributed by atoms with Crippen molar-refractivity contribution >= 4 is 16.7 Å². The van der Waals surface area contributed by atoms with E-state index in [1.54, 1.807) is 0 Å². The Labute approximate surface area is 113 Å². The van der Waals surface area contributed by atoms with Gasteiger partial charge in [0, 0.05) is 32.1 Å². The maximum absolute atomic E-state index is 11.9. The van der Waals surface area contributed by atoms with Crippen molar-refractivity contribution in [3.63, 3.8) is 0 Å². The highest BCUT2D eigenvalue weighted by molar-refractivity contribution is 5.88. The average molecular weight is 260 g/mol. The summed E-state index contributed by atoms with van der Waals surface area (Å²) in [5.41, 5.74) is 1.94. The standard InChI is InChI=1S/C15H20N2O2/c1-3-19-10-6-7-12(18)11-14-13-8-4-5-9-15(13)17(2)16-14/h4-5,8-9H,3,6-7,10-11H2,1-2H3. The number of aryl methyl sites for hydroxylation is 1. The number of hydrogen-bond donors (Lipinski definition) is 0. The molecule has 2 aromatic rings. The molecule has 0 bridgehead atoms. The fourth-order valence-electron chi connectivity index (χ4n) is 2.21. The zero-order chi connectivity index (χ0) is 13.7. The largest absolute Gasteiger partial charge is 0.382 e. The highest BCUT2D eigenvalue weighted by Gasteiger charge is 2.11. The van der Waals surface area contributed by atoms with Gasteiger partial charge in [0.25, 0.3) is 0 Å². The van der Waals surface area contributed by atoms with Gasteiger partial charge in [0.05, 0.1) is 17.6 Å². The number of carbonyl (C=O) groups excluding carboxylic acids is 1. The van der Waals surface area contributed by atoms with Gasteiger partial charge in [-0.05, 0) is 19.4 Å². The molecule has 2 rings (SSSR count). The van der Waals surface area contributed by atoms with Gasteiger partial charge in [0.15, 0.2) is 0 Å². The maximum atomic E-state index is 11.9. The minimum atomic E-state index is 0.226. The van der Waals surface area contributed by atoms with Gasteiger partial charge in [-0.1, -0.05) is 18.2 Å². The van der Waals surface area contributed by atoms with E-state index >= 15 is 0 Å². The van der Waals surface area contributed by atoms with Gasteiger partial charge >= 0.3 is 0 Å². The van der Waals surface area contributed by atoms with Crippen molar-refractivity contribution in [2.45, 2.75) is 26.2 Å². The van der Waals surface area contributed by atoms with E-state index < -0.39 is 0 Å². The normalized spacial score (nSPS) is 11.1. The lowest BCUT2D eigenvalue weighted by molar-refractivity contribution is -0.118. The lowest BCUT2D eigenvalue weighted by Crippen LogP contribution is -2.06. The van der Waals surface area contributed by atoms with Crippen LogP contribution in [0.3, 0.4) is 0 Å². The molecule has 0 saturated carbocycles. The number of ether oxygens (including phenoxy) is 1. The third-order valence-corrected chi connectivity index (χ3v) is 3.15. The Hall–Kier alpha value is -1.68. The predicted octanol–water partition coefficient (Wildman–Crippen LogP) is 2.50. The summed E-state index contributed by atoms with van der Waals surface area (Å²) in [6.07, 6.45) is 1.76. The zero-order valence-electron chi connectivity index (χ0n) is 11.6. The molecule has 1 heterocycles. The van der Waals surface area contributed by atoms with E-state index in [0.29, 0.717) is 26.1 Å². The minimum Gasteiger partial charge on any atom is -0.382 e. The van der Waals surface area contributed by atoms with Crippen LogP contribution in [0.15, 0.2) is 24.3 Å². The van der Waals surface area contributed by atoms with E-state index in [9.17, 15) is 4.79 Å². The Bertz CT molecular complexity index is 560. The van der Waals surface area contributed by atoms with Gasteiger partial charge < -0.3 is 4.74 Å². The molecular weight excluding hydrogens is 240 g/mol. The van der Waals surface area contributed by atoms with Crippen LogP contribution in [0.4, 0.5) is 0 Å². The second-order valence-corrected chi connectivity index (χ2v) is 4.60. The number of para-hydroxylation sites is 1. The molecule has 0 radical (unpaired) electrons. The Kier molecular flexibility index (Phi) is 4.68. The third-order valence-electron chi connectivity index (χ3n) is 3.15. The van der Waals surface area contributed by atoms with Crippen molar-refractivity contribution in [1.29, 1.82) is 0 Å². The maximum Gasteiger partial charge on any atom is 0.139 e. The molecule has 1 aromatic carbocycles. The summed E-state index contributed by atoms with van der Waals surface area (Å²) >= 11 is 0. The molecule has 0 spiro atoms. The van der Waals surface area contributed by atoms with Crippen molar-refractivity contribution in [3.8, 4) is 0 Å². The van der Waals surface area contributed by atoms with Crippen LogP contribution in [0.1, 0.15) is 25.5 Å². The SMILES string of the molecule is CCOCCCC(=O)Cc1nn(C)c2ccccc12. The van der Waals surface area contributed by atoms with Crippen LogP contribution in [-0.2, 0) is 23.0 Å². The van der Waals surface area contributed by atoms with E-state index in [-0.39, 0.29) is 5.78 Å². The van der Waals surface area contributed by atoms with Crippen molar-refractivity contribution in [2.75, 3.05) is 13.2 Å². The third kappa shape index (κ3) is 3.41. The van der Waals surface area contributed by atoms with Crippen molar-refractivity contribution in [1.82, 2.24) is 9.78 Å². The predicted molar refractivity (Wildman–Crippen MR) is 75.2 cm³/mol. The summed E-state index contributed by atoms with van der Waals surface area (Å²) in [6, 6.07) is 8.00. The molecule has 0 amide bonds. The zero-order valence-corrected chi connectivity index (χ0v) is 11.6. The lowest BCUT2D eigenvalue weighted by Gasteiger charge is -2.00. The molecule has 0 aliphatic carbocycles. The Balaban J connectivity index is 1.99. The highest BCUT2D eigenvalue weighted by atomic mass is 16.5. The molecule has 0 N–H and O–H groups in total. The molecule has 19 heavy (non-hydrogen) atoms. The van der Waals surface area contributed by atoms with Crippen LogP contribution in [-0.4, -0.2) is 28.8 Å². The first kappa shape index (κ1) is 13.7. The fraction of sp³-hybridized carbons (Fsp3) is 0.467. The number of carbonyl (C=O) groups is 1. The quantitative estimate of drug-likeness (QED) is 0.718. The number of hydrogen-bond acceptors (Lipinski definition) is 3. The van der Waals surface area contributed by atoms with E-state index in [1.165, 1.54) is 0 Å². The number of Topliss-reactive ketones (excluding diaryl/α,β-unsaturated/α-hetero) is 1. The van der Waals surface area contributed by atoms with Crippen molar-refractivity contribution < 1.29 is 9.53 Å². The summed E-state index contributed by atoms with van der Waals surface area (Å²) in [5.74, 6) is 0.226. The summed E-state index contributed by atoms with van der Waals surface area (Å²) < 4.78 is 7.07. The van der Waals surface area contributed by atoms with E-state index in [1.807, 2.05) is 42.9 Å². The molecule has 0 unspecified atom stereocenters. The topological polar surface area (TPSA) is 44.1 Å². The summed E-state index contributed by atoms with van der Waals surface area (Å²) in [7, 11) is 1.91. The van der Waals surface area contributed by atoms with Gasteiger partial charge in [-0.15, -0.1) is 0 Å². The van der Waals surface area contributed by atoms with Gasteiger partial charge in [-0.3, -0.25) is 9.48 Å². The van der Waals surface area contributed by atoms with Gasteiger partial charge in [0.2, 0.25) is 0 Å². The van der Waals surface area contributed by atoms with Crippen LogP contribution in [0.25, 0.3) is 10.9 Å². The summed E-state index contributed by atoms with van der Waals surface area (Å²) in [4.78, 5) is 11.9. The molecule has 4 heteroatoms. The molecule has 1 aromatic heterocycles. The van der Waals surface area contributed by atoms with Gasteiger partial charge in [-0.25, -0.2) is 0 Å². The summed E-state index contributed by atoms with van der Waals surface area (Å²) in [5, 5.41) is 5.51. The molecule has 0 fully saturated rings. The van der Waals surface area contributed by atoms with Crippen LogP contribution < -0.4 is 0 Å². The van der Waals surface area contributed by atoms with Crippen LogP contribution in [0.5, 0.6) is 0 Å². The Morgan fingerprint density at radius 2 is 2.16 bits per heavy atom. The molecule has 0 atom stereocenters. The fourth-order valence-corrected chi connectivity index (χ4v) is 2.21. The number of aromatic nitrogens is 2. The number of rotatable bonds is 7. The number of nitrogens with zero attached hydrogens (tertiary/aromatic N) is 2. The average Bonchev–Trinajstić information content (AvgIpc) is 2.72. The molecular formula is C15H20N2O2. The summed E-state index contributed by atoms with van der Waals surface area (Å²) in [6.45, 7) is 3.33. The van der Waals surface area contributed by atoms with E-state index in [4.69, 9.17) is 4.74 Å². The number of fused-ring (bicyclic) bond motifs is 1. The second-order valence-electron chi connectivity index (χ2n) is 4.60. The molecule has 4 nitrogen and oxygen atoms in total. The number of benzene rings is 1. The van der Waals surface area contributed by atoms with Crippen molar-refractivity contribution in [2.24, 2.45) is 7.05 Å². The van der Waals surface area contributed by atoms with Crippen LogP contribution in [0, 0.1) is 0 Å². The molecule has 0 saturated heterocycles. The first-order valence-electron chi connectivity index (χ1n) is 6.72. The van der Waals surface area contributed by atoms with Crippen LogP contribution in [0.2, 0.25) is 0 Å². The monoisotopic (exact) mass is 260 g/mol. The van der Waals surface area contributed by atoms with E-state index in [0.717, 1.165) is 23.0 Å². The van der Waals surface area contributed by atoms with Gasteiger partial charge in [-0.2, -0.15) is 5.10 Å². The van der Waals surface area contributed by atoms with Crippen molar-refractivity contribution in [3.05, 3.63) is 30.0 Å². The molecule has 0 aliphatic heterocycles. The number of ketones is 1. The smallest absolute Gasteiger partial charge is 0.139 e. The molecule has 102 valence electrons. The Morgan fingerprint density at radius 3 is 2.95 bits per heavy atom. The lowest BCUT2D eigenvalue weighted by atomic mass is 10.1. The minimum absolute atomic E-state index is 0.226. The Morgan fingerprint density at radius 1 is 1.37 bits per heavy atom. The van der Waals surface area contributed by atoms with Gasteiger partial charge in [0.1, 0.15) is 5.78 Å². The first-order chi connectivity index (χ1) is 9.22. The first-order valence-corrected chi connectivity index (χ1v) is 6.72.